The summed E-state index contributed by atoms with van der Waals surface area (Å²) in [5.41, 5.74) is 0. The molecule has 4 heterocycles. The summed E-state index contributed by atoms with van der Waals surface area (Å²) in [5, 5.41) is 0. The highest BCUT2D eigenvalue weighted by Gasteiger charge is 2.46. The zero-order valence-corrected chi connectivity index (χ0v) is 14.1. The van der Waals surface area contributed by atoms with E-state index in [4.69, 9.17) is 22.8 Å². The molecule has 0 aromatic rings. The Morgan fingerprint density at radius 1 is 1.19 bits per heavy atom. The van der Waals surface area contributed by atoms with Gasteiger partial charge in [-0.3, -0.25) is 4.90 Å². The van der Waals surface area contributed by atoms with Crippen molar-refractivity contribution in [3.8, 4) is 0 Å². The maximum atomic E-state index is 6.23. The van der Waals surface area contributed by atoms with E-state index in [1.807, 2.05) is 0 Å². The summed E-state index contributed by atoms with van der Waals surface area (Å²) >= 11 is 0. The topological polar surface area (TPSA) is 52.7 Å². The second-order valence-electron chi connectivity index (χ2n) is 6.28. The van der Waals surface area contributed by atoms with E-state index in [2.05, 4.69) is 18.7 Å². The van der Waals surface area contributed by atoms with Gasteiger partial charge in [-0.2, -0.15) is 0 Å². The van der Waals surface area contributed by atoms with Crippen molar-refractivity contribution in [2.75, 3.05) is 46.1 Å². The Labute approximate surface area is 128 Å². The van der Waals surface area contributed by atoms with Gasteiger partial charge in [0.05, 0.1) is 32.0 Å². The van der Waals surface area contributed by atoms with E-state index in [1.165, 1.54) is 0 Å². The normalized spacial score (nSPS) is 43.1. The summed E-state index contributed by atoms with van der Waals surface area (Å²) in [6, 6.07) is 0.840. The van der Waals surface area contributed by atoms with Gasteiger partial charge in [0.15, 0.2) is 0 Å². The van der Waals surface area contributed by atoms with Gasteiger partial charge in [-0.05, 0) is 20.3 Å². The van der Waals surface area contributed by atoms with Crippen LogP contribution >= 0.6 is 0 Å². The van der Waals surface area contributed by atoms with Crippen molar-refractivity contribution in [3.05, 3.63) is 0 Å². The minimum Gasteiger partial charge on any atom is -0.379 e. The summed E-state index contributed by atoms with van der Waals surface area (Å²) in [6.07, 6.45) is 1.59. The van der Waals surface area contributed by atoms with Crippen molar-refractivity contribution < 1.29 is 22.8 Å². The van der Waals surface area contributed by atoms with Crippen LogP contribution in [-0.4, -0.2) is 78.1 Å². The first kappa shape index (κ1) is 15.9. The molecule has 4 aliphatic heterocycles. The fraction of sp³-hybridized carbons (Fsp3) is 1.00. The van der Waals surface area contributed by atoms with Gasteiger partial charge in [0.1, 0.15) is 6.10 Å². The number of nitrogens with zero attached hydrogens (tertiary/aromatic N) is 1. The molecule has 122 valence electrons. The van der Waals surface area contributed by atoms with Crippen LogP contribution in [0.1, 0.15) is 20.3 Å². The van der Waals surface area contributed by atoms with E-state index >= 15 is 0 Å². The molecule has 2 bridgehead atoms. The van der Waals surface area contributed by atoms with Crippen LogP contribution in [0.3, 0.4) is 0 Å². The second-order valence-corrected chi connectivity index (χ2v) is 8.91. The van der Waals surface area contributed by atoms with Crippen molar-refractivity contribution in [3.63, 3.8) is 0 Å². The number of hydrogen-bond acceptors (Lipinski definition) is 6. The number of ether oxygens (including phenoxy) is 2. The van der Waals surface area contributed by atoms with Crippen LogP contribution in [0.15, 0.2) is 0 Å². The summed E-state index contributed by atoms with van der Waals surface area (Å²) in [4.78, 5) is 2.37. The minimum atomic E-state index is -2.55. The summed E-state index contributed by atoms with van der Waals surface area (Å²) in [7, 11) is -2.55. The van der Waals surface area contributed by atoms with E-state index in [0.717, 1.165) is 45.3 Å². The van der Waals surface area contributed by atoms with Crippen molar-refractivity contribution in [2.24, 2.45) is 0 Å². The lowest BCUT2D eigenvalue weighted by atomic mass is 10.3. The molecule has 6 nitrogen and oxygen atoms in total. The molecule has 3 atom stereocenters. The molecule has 4 rings (SSSR count). The maximum absolute atomic E-state index is 6.23. The molecule has 0 spiro atoms. The first-order chi connectivity index (χ1) is 10.2. The highest BCUT2D eigenvalue weighted by molar-refractivity contribution is 6.60. The third kappa shape index (κ3) is 4.72. The zero-order valence-electron chi connectivity index (χ0n) is 13.1. The van der Waals surface area contributed by atoms with Crippen LogP contribution in [0.5, 0.6) is 0 Å². The zero-order chi connectivity index (χ0) is 14.7. The standard InChI is InChI=1S/C14H27NO5Si/c1-12-8-15-4-6-18-21(19-12,20-13(2)9-15)7-3-5-16-10-14-11-17-14/h12-14H,3-11H2,1-2H3. The van der Waals surface area contributed by atoms with Crippen LogP contribution in [0.2, 0.25) is 6.04 Å². The molecule has 3 unspecified atom stereocenters. The Morgan fingerprint density at radius 2 is 1.90 bits per heavy atom. The second kappa shape index (κ2) is 7.04. The Morgan fingerprint density at radius 3 is 2.57 bits per heavy atom. The van der Waals surface area contributed by atoms with Gasteiger partial charge in [-0.1, -0.05) is 0 Å². The van der Waals surface area contributed by atoms with Crippen molar-refractivity contribution in [1.29, 1.82) is 0 Å². The molecule has 0 saturated carbocycles. The third-order valence-corrected chi connectivity index (χ3v) is 7.13. The smallest absolute Gasteiger partial charge is 0.379 e. The first-order valence-electron chi connectivity index (χ1n) is 8.06. The molecule has 0 aromatic heterocycles. The number of fused-ring (bicyclic) bond motifs is 6. The van der Waals surface area contributed by atoms with Gasteiger partial charge in [0.25, 0.3) is 0 Å². The SMILES string of the molecule is CC1CN2CCO[Si](CCCOCC3CO3)(O1)OC(C)C2. The number of rotatable bonds is 6. The molecule has 0 radical (unpaired) electrons. The molecular formula is C14H27NO5Si. The largest absolute Gasteiger partial charge is 0.501 e. The molecule has 0 amide bonds. The van der Waals surface area contributed by atoms with Gasteiger partial charge in [-0.25, -0.2) is 0 Å². The Bertz CT molecular complexity index is 327. The van der Waals surface area contributed by atoms with Gasteiger partial charge >= 0.3 is 8.80 Å². The van der Waals surface area contributed by atoms with E-state index in [1.54, 1.807) is 0 Å². The Kier molecular flexibility index (Phi) is 5.31. The van der Waals surface area contributed by atoms with Gasteiger partial charge in [-0.15, -0.1) is 0 Å². The van der Waals surface area contributed by atoms with Crippen LogP contribution in [0.25, 0.3) is 0 Å². The summed E-state index contributed by atoms with van der Waals surface area (Å²) < 4.78 is 29.3. The fourth-order valence-corrected chi connectivity index (χ4v) is 5.98. The molecule has 4 aliphatic rings. The Hall–Kier alpha value is -0.0231. The highest BCUT2D eigenvalue weighted by atomic mass is 28.4. The molecular weight excluding hydrogens is 290 g/mol. The molecule has 0 aromatic carbocycles. The van der Waals surface area contributed by atoms with E-state index in [-0.39, 0.29) is 12.2 Å². The lowest BCUT2D eigenvalue weighted by Crippen LogP contribution is -2.59. The lowest BCUT2D eigenvalue weighted by Gasteiger charge is -2.43. The summed E-state index contributed by atoms with van der Waals surface area (Å²) in [6.45, 7) is 10.1. The predicted molar refractivity (Wildman–Crippen MR) is 79.2 cm³/mol. The van der Waals surface area contributed by atoms with Gasteiger partial charge in [0, 0.05) is 32.3 Å². The molecule has 21 heavy (non-hydrogen) atoms. The molecule has 7 heteroatoms. The molecule has 0 aliphatic carbocycles. The summed E-state index contributed by atoms with van der Waals surface area (Å²) in [5.74, 6) is 0. The van der Waals surface area contributed by atoms with Gasteiger partial charge < -0.3 is 22.8 Å². The maximum Gasteiger partial charge on any atom is 0.501 e. The third-order valence-electron chi connectivity index (χ3n) is 4.00. The van der Waals surface area contributed by atoms with E-state index in [9.17, 15) is 0 Å². The quantitative estimate of drug-likeness (QED) is 0.412. The van der Waals surface area contributed by atoms with Crippen LogP contribution in [-0.2, 0) is 22.8 Å². The van der Waals surface area contributed by atoms with Crippen LogP contribution in [0.4, 0.5) is 0 Å². The van der Waals surface area contributed by atoms with E-state index in [0.29, 0.717) is 19.3 Å². The predicted octanol–water partition coefficient (Wildman–Crippen LogP) is 0.887. The molecule has 0 N–H and O–H groups in total. The van der Waals surface area contributed by atoms with Crippen LogP contribution < -0.4 is 0 Å². The number of epoxide rings is 1. The Balaban J connectivity index is 1.52. The van der Waals surface area contributed by atoms with Gasteiger partial charge in [0.2, 0.25) is 0 Å². The lowest BCUT2D eigenvalue weighted by molar-refractivity contribution is -0.0595. The minimum absolute atomic E-state index is 0.172. The highest BCUT2D eigenvalue weighted by Crippen LogP contribution is 2.26. The number of hydrogen-bond donors (Lipinski definition) is 0. The van der Waals surface area contributed by atoms with Crippen molar-refractivity contribution in [1.82, 2.24) is 4.90 Å². The fourth-order valence-electron chi connectivity index (χ4n) is 3.06. The average molecular weight is 317 g/mol. The van der Waals surface area contributed by atoms with Crippen molar-refractivity contribution >= 4 is 8.80 Å². The van der Waals surface area contributed by atoms with E-state index < -0.39 is 8.80 Å². The first-order valence-corrected chi connectivity index (χ1v) is 10.00. The molecule has 4 fully saturated rings. The molecule has 4 saturated heterocycles. The average Bonchev–Trinajstić information content (AvgIpc) is 3.17. The monoisotopic (exact) mass is 317 g/mol. The van der Waals surface area contributed by atoms with Crippen molar-refractivity contribution in [2.45, 2.75) is 44.6 Å². The van der Waals surface area contributed by atoms with Crippen LogP contribution in [0, 0.1) is 0 Å².